The van der Waals surface area contributed by atoms with Crippen molar-refractivity contribution in [3.63, 3.8) is 0 Å². The van der Waals surface area contributed by atoms with E-state index in [-0.39, 0.29) is 24.8 Å². The fourth-order valence-electron chi connectivity index (χ4n) is 2.18. The van der Waals surface area contributed by atoms with Crippen LogP contribution in [-0.2, 0) is 14.4 Å². The lowest BCUT2D eigenvalue weighted by atomic mass is 10.2. The number of nitrogens with zero attached hydrogens (tertiary/aromatic N) is 1. The van der Waals surface area contributed by atoms with Gasteiger partial charge in [-0.3, -0.25) is 19.3 Å². The van der Waals surface area contributed by atoms with Crippen LogP contribution < -0.4 is 15.4 Å². The highest BCUT2D eigenvalue weighted by Gasteiger charge is 2.30. The van der Waals surface area contributed by atoms with Gasteiger partial charge in [-0.05, 0) is 12.1 Å². The van der Waals surface area contributed by atoms with Gasteiger partial charge in [-0.15, -0.1) is 0 Å². The molecule has 0 radical (unpaired) electrons. The SMILES string of the molecule is CCC(=O)Nc1ccc(NC2=CC(=O)N(CCO)C2=O)cc1OC. The predicted molar refractivity (Wildman–Crippen MR) is 87.4 cm³/mol. The molecule has 128 valence electrons. The Morgan fingerprint density at radius 2 is 2.08 bits per heavy atom. The third kappa shape index (κ3) is 3.72. The maximum Gasteiger partial charge on any atom is 0.277 e. The molecule has 0 fully saturated rings. The first-order valence-corrected chi connectivity index (χ1v) is 7.43. The van der Waals surface area contributed by atoms with Gasteiger partial charge in [0.05, 0.1) is 25.9 Å². The highest BCUT2D eigenvalue weighted by Crippen LogP contribution is 2.29. The first-order valence-electron chi connectivity index (χ1n) is 7.43. The van der Waals surface area contributed by atoms with Crippen molar-refractivity contribution >= 4 is 29.1 Å². The minimum absolute atomic E-state index is 0.0509. The van der Waals surface area contributed by atoms with Crippen LogP contribution in [0.1, 0.15) is 13.3 Å². The van der Waals surface area contributed by atoms with Crippen molar-refractivity contribution < 1.29 is 24.2 Å². The van der Waals surface area contributed by atoms with Crippen LogP contribution >= 0.6 is 0 Å². The van der Waals surface area contributed by atoms with Crippen molar-refractivity contribution in [3.8, 4) is 5.75 Å². The largest absolute Gasteiger partial charge is 0.494 e. The number of carbonyl (C=O) groups is 3. The van der Waals surface area contributed by atoms with Crippen LogP contribution in [-0.4, -0.2) is 48.0 Å². The molecule has 24 heavy (non-hydrogen) atoms. The lowest BCUT2D eigenvalue weighted by Crippen LogP contribution is -2.34. The Labute approximate surface area is 139 Å². The average Bonchev–Trinajstić information content (AvgIpc) is 2.83. The standard InChI is InChI=1S/C16H19N3O5/c1-3-14(21)18-11-5-4-10(8-13(11)24-2)17-12-9-15(22)19(6-7-20)16(12)23/h4-5,8-9,17,20H,3,6-7H2,1-2H3,(H,18,21). The van der Waals surface area contributed by atoms with E-state index in [1.807, 2.05) is 0 Å². The smallest absolute Gasteiger partial charge is 0.277 e. The van der Waals surface area contributed by atoms with Crippen molar-refractivity contribution in [2.45, 2.75) is 13.3 Å². The molecule has 1 aromatic carbocycles. The third-order valence-corrected chi connectivity index (χ3v) is 3.41. The number of aliphatic hydroxyl groups is 1. The monoisotopic (exact) mass is 333 g/mol. The van der Waals surface area contributed by atoms with Crippen LogP contribution in [0.2, 0.25) is 0 Å². The Morgan fingerprint density at radius 1 is 1.33 bits per heavy atom. The number of rotatable bonds is 7. The molecule has 1 aromatic rings. The van der Waals surface area contributed by atoms with Crippen molar-refractivity contribution in [3.05, 3.63) is 30.0 Å². The first kappa shape index (κ1) is 17.5. The highest BCUT2D eigenvalue weighted by atomic mass is 16.5. The second-order valence-corrected chi connectivity index (χ2v) is 5.02. The van der Waals surface area contributed by atoms with E-state index in [4.69, 9.17) is 9.84 Å². The van der Waals surface area contributed by atoms with E-state index in [0.29, 0.717) is 23.5 Å². The normalized spacial score (nSPS) is 13.8. The molecular formula is C16H19N3O5. The van der Waals surface area contributed by atoms with E-state index in [1.54, 1.807) is 25.1 Å². The zero-order valence-corrected chi connectivity index (χ0v) is 13.5. The first-order chi connectivity index (χ1) is 11.5. The Bertz CT molecular complexity index is 699. The molecule has 1 heterocycles. The van der Waals surface area contributed by atoms with Gasteiger partial charge >= 0.3 is 0 Å². The number of nitrogens with one attached hydrogen (secondary N) is 2. The van der Waals surface area contributed by atoms with E-state index >= 15 is 0 Å². The van der Waals surface area contributed by atoms with Crippen LogP contribution in [0, 0.1) is 0 Å². The Kier molecular flexibility index (Phi) is 5.54. The summed E-state index contributed by atoms with van der Waals surface area (Å²) in [6, 6.07) is 4.90. The number of β-amino-alcohol motifs (C(OH)–C–C–N with tert-alkyl or cyclic N) is 1. The zero-order valence-electron chi connectivity index (χ0n) is 13.5. The van der Waals surface area contributed by atoms with Gasteiger partial charge < -0.3 is 20.5 Å². The Morgan fingerprint density at radius 3 is 2.71 bits per heavy atom. The summed E-state index contributed by atoms with van der Waals surface area (Å²) < 4.78 is 5.23. The van der Waals surface area contributed by atoms with Gasteiger partial charge in [0.1, 0.15) is 11.4 Å². The molecule has 0 aliphatic carbocycles. The number of hydrogen-bond acceptors (Lipinski definition) is 6. The van der Waals surface area contributed by atoms with Crippen molar-refractivity contribution in [2.75, 3.05) is 30.9 Å². The summed E-state index contributed by atoms with van der Waals surface area (Å²) in [5.41, 5.74) is 1.15. The summed E-state index contributed by atoms with van der Waals surface area (Å²) in [4.78, 5) is 36.2. The van der Waals surface area contributed by atoms with Gasteiger partial charge in [-0.25, -0.2) is 0 Å². The molecule has 3 amide bonds. The molecule has 8 nitrogen and oxygen atoms in total. The zero-order chi connectivity index (χ0) is 17.7. The van der Waals surface area contributed by atoms with Gasteiger partial charge in [0, 0.05) is 24.3 Å². The molecule has 0 saturated heterocycles. The van der Waals surface area contributed by atoms with Crippen LogP contribution in [0.3, 0.4) is 0 Å². The summed E-state index contributed by atoms with van der Waals surface area (Å²) >= 11 is 0. The van der Waals surface area contributed by atoms with Crippen LogP contribution in [0.5, 0.6) is 5.75 Å². The van der Waals surface area contributed by atoms with Crippen LogP contribution in [0.4, 0.5) is 11.4 Å². The molecule has 3 N–H and O–H groups in total. The van der Waals surface area contributed by atoms with Gasteiger partial charge in [-0.2, -0.15) is 0 Å². The van der Waals surface area contributed by atoms with Crippen molar-refractivity contribution in [1.82, 2.24) is 4.90 Å². The molecule has 0 spiro atoms. The number of benzene rings is 1. The molecule has 2 rings (SSSR count). The summed E-state index contributed by atoms with van der Waals surface area (Å²) in [5.74, 6) is -0.703. The molecule has 8 heteroatoms. The third-order valence-electron chi connectivity index (χ3n) is 3.41. The molecule has 0 saturated carbocycles. The molecule has 0 atom stereocenters. The lowest BCUT2D eigenvalue weighted by Gasteiger charge is -2.15. The maximum absolute atomic E-state index is 12.1. The number of amides is 3. The van der Waals surface area contributed by atoms with E-state index in [2.05, 4.69) is 10.6 Å². The number of imide groups is 1. The van der Waals surface area contributed by atoms with Crippen molar-refractivity contribution in [1.29, 1.82) is 0 Å². The molecule has 0 aromatic heterocycles. The minimum Gasteiger partial charge on any atom is -0.494 e. The summed E-state index contributed by atoms with van der Waals surface area (Å²) in [7, 11) is 1.47. The number of carbonyl (C=O) groups excluding carboxylic acids is 3. The van der Waals surface area contributed by atoms with Crippen LogP contribution in [0.15, 0.2) is 30.0 Å². The summed E-state index contributed by atoms with van der Waals surface area (Å²) in [6.07, 6.45) is 1.52. The van der Waals surface area contributed by atoms with Crippen LogP contribution in [0.25, 0.3) is 0 Å². The van der Waals surface area contributed by atoms with E-state index < -0.39 is 11.8 Å². The highest BCUT2D eigenvalue weighted by molar-refractivity contribution is 6.17. The van der Waals surface area contributed by atoms with Gasteiger partial charge in [0.25, 0.3) is 11.8 Å². The molecule has 0 bridgehead atoms. The molecule has 1 aliphatic heterocycles. The number of anilines is 2. The number of hydrogen-bond donors (Lipinski definition) is 3. The average molecular weight is 333 g/mol. The Balaban J connectivity index is 2.16. The van der Waals surface area contributed by atoms with Gasteiger partial charge in [0.15, 0.2) is 0 Å². The molecule has 0 unspecified atom stereocenters. The summed E-state index contributed by atoms with van der Waals surface area (Å²) in [6.45, 7) is 1.40. The summed E-state index contributed by atoms with van der Waals surface area (Å²) in [5, 5.41) is 14.5. The molecule has 1 aliphatic rings. The van der Waals surface area contributed by atoms with Gasteiger partial charge in [-0.1, -0.05) is 6.92 Å². The molecular weight excluding hydrogens is 314 g/mol. The van der Waals surface area contributed by atoms with E-state index in [0.717, 1.165) is 4.90 Å². The number of ether oxygens (including phenoxy) is 1. The Hall–Kier alpha value is -2.87. The fraction of sp³-hybridized carbons (Fsp3) is 0.312. The van der Waals surface area contributed by atoms with Gasteiger partial charge in [0.2, 0.25) is 5.91 Å². The maximum atomic E-state index is 12.1. The second-order valence-electron chi connectivity index (χ2n) is 5.02. The fourth-order valence-corrected chi connectivity index (χ4v) is 2.18. The van der Waals surface area contributed by atoms with E-state index in [9.17, 15) is 14.4 Å². The second kappa shape index (κ2) is 7.60. The predicted octanol–water partition coefficient (Wildman–Crippen LogP) is 0.701. The lowest BCUT2D eigenvalue weighted by molar-refractivity contribution is -0.137. The number of methoxy groups -OCH3 is 1. The van der Waals surface area contributed by atoms with Crippen molar-refractivity contribution in [2.24, 2.45) is 0 Å². The quantitative estimate of drug-likeness (QED) is 0.634. The van der Waals surface area contributed by atoms with E-state index in [1.165, 1.54) is 13.2 Å². The number of aliphatic hydroxyl groups excluding tert-OH is 1. The topological polar surface area (TPSA) is 108 Å². The minimum atomic E-state index is -0.503.